The molecule has 0 aliphatic rings. The molecule has 1 rings (SSSR count). The summed E-state index contributed by atoms with van der Waals surface area (Å²) >= 11 is 0. The summed E-state index contributed by atoms with van der Waals surface area (Å²) in [6.07, 6.45) is -0.224. The summed E-state index contributed by atoms with van der Waals surface area (Å²) in [7, 11) is -0.893. The average molecular weight is 272 g/mol. The van der Waals surface area contributed by atoms with Crippen molar-refractivity contribution >= 4 is 21.9 Å². The van der Waals surface area contributed by atoms with Gasteiger partial charge in [-0.3, -0.25) is 9.10 Å². The van der Waals surface area contributed by atoms with Gasteiger partial charge in [0.2, 0.25) is 0 Å². The molecule has 0 unspecified atom stereocenters. The van der Waals surface area contributed by atoms with Crippen LogP contribution < -0.4 is 4.31 Å². The van der Waals surface area contributed by atoms with Crippen LogP contribution in [-0.2, 0) is 15.0 Å². The lowest BCUT2D eigenvalue weighted by molar-refractivity contribution is -0.137. The van der Waals surface area contributed by atoms with Gasteiger partial charge >= 0.3 is 16.2 Å². The molecule has 0 radical (unpaired) electrons. The highest BCUT2D eigenvalue weighted by Gasteiger charge is 2.24. The zero-order valence-electron chi connectivity index (χ0n) is 10.3. The van der Waals surface area contributed by atoms with Crippen LogP contribution in [0.4, 0.5) is 5.69 Å². The first-order valence-electron chi connectivity index (χ1n) is 5.32. The number of anilines is 1. The highest BCUT2D eigenvalue weighted by Crippen LogP contribution is 2.17. The molecule has 0 aliphatic heterocycles. The summed E-state index contributed by atoms with van der Waals surface area (Å²) in [4.78, 5) is 10.4. The average Bonchev–Trinajstić information content (AvgIpc) is 2.35. The number of carboxylic acid groups (broad SMARTS) is 1. The Morgan fingerprint density at radius 2 is 1.78 bits per heavy atom. The van der Waals surface area contributed by atoms with Crippen LogP contribution in [0, 0.1) is 0 Å². The van der Waals surface area contributed by atoms with Gasteiger partial charge in [-0.25, -0.2) is 0 Å². The molecule has 1 aromatic carbocycles. The Bertz CT molecular complexity index is 501. The van der Waals surface area contributed by atoms with E-state index < -0.39 is 16.2 Å². The van der Waals surface area contributed by atoms with Crippen molar-refractivity contribution in [3.8, 4) is 0 Å². The quantitative estimate of drug-likeness (QED) is 0.830. The van der Waals surface area contributed by atoms with E-state index in [4.69, 9.17) is 5.11 Å². The van der Waals surface area contributed by atoms with Crippen LogP contribution in [0.3, 0.4) is 0 Å². The molecule has 0 aliphatic carbocycles. The van der Waals surface area contributed by atoms with Crippen LogP contribution in [0.5, 0.6) is 0 Å². The summed E-state index contributed by atoms with van der Waals surface area (Å²) in [5.41, 5.74) is 0.527. The Morgan fingerprint density at radius 3 is 2.28 bits per heavy atom. The van der Waals surface area contributed by atoms with Gasteiger partial charge in [0.25, 0.3) is 0 Å². The number of hydrogen-bond donors (Lipinski definition) is 1. The minimum Gasteiger partial charge on any atom is -0.481 e. The van der Waals surface area contributed by atoms with E-state index in [1.165, 1.54) is 14.1 Å². The summed E-state index contributed by atoms with van der Waals surface area (Å²) in [5.74, 6) is -1.03. The van der Waals surface area contributed by atoms with Crippen LogP contribution >= 0.6 is 0 Å². The fourth-order valence-electron chi connectivity index (χ4n) is 1.35. The van der Waals surface area contributed by atoms with Crippen molar-refractivity contribution in [2.75, 3.05) is 24.9 Å². The van der Waals surface area contributed by atoms with E-state index in [-0.39, 0.29) is 13.0 Å². The fraction of sp³-hybridized carbons (Fsp3) is 0.364. The molecule has 1 N–H and O–H groups in total. The molecule has 0 aromatic heterocycles. The molecule has 0 bridgehead atoms. The first-order valence-corrected chi connectivity index (χ1v) is 6.72. The lowest BCUT2D eigenvalue weighted by atomic mass is 10.3. The molecule has 100 valence electrons. The third-order valence-corrected chi connectivity index (χ3v) is 4.37. The topological polar surface area (TPSA) is 77.9 Å². The van der Waals surface area contributed by atoms with Crippen LogP contribution in [-0.4, -0.2) is 44.4 Å². The van der Waals surface area contributed by atoms with Crippen molar-refractivity contribution in [2.45, 2.75) is 6.42 Å². The van der Waals surface area contributed by atoms with Crippen LogP contribution in [0.2, 0.25) is 0 Å². The number of carboxylic acids is 1. The predicted octanol–water partition coefficient (Wildman–Crippen LogP) is 0.774. The number of para-hydroxylation sites is 1. The Labute approximate surface area is 107 Å². The molecular weight excluding hydrogens is 256 g/mol. The highest BCUT2D eigenvalue weighted by atomic mass is 32.2. The molecule has 0 atom stereocenters. The van der Waals surface area contributed by atoms with Gasteiger partial charge in [-0.2, -0.15) is 12.7 Å². The Morgan fingerprint density at radius 1 is 1.22 bits per heavy atom. The normalized spacial score (nSPS) is 11.5. The maximum absolute atomic E-state index is 12.1. The molecule has 1 aromatic rings. The number of aliphatic carboxylic acids is 1. The predicted molar refractivity (Wildman–Crippen MR) is 68.6 cm³/mol. The molecule has 0 heterocycles. The van der Waals surface area contributed by atoms with Gasteiger partial charge in [0, 0.05) is 20.6 Å². The lowest BCUT2D eigenvalue weighted by Crippen LogP contribution is -2.40. The minimum atomic E-state index is -3.68. The van der Waals surface area contributed by atoms with Crippen LogP contribution in [0.1, 0.15) is 6.42 Å². The Kier molecular flexibility index (Phi) is 4.69. The fourth-order valence-corrected chi connectivity index (χ4v) is 2.48. The number of benzene rings is 1. The second-order valence-corrected chi connectivity index (χ2v) is 5.84. The van der Waals surface area contributed by atoms with E-state index in [0.717, 1.165) is 8.61 Å². The molecule has 7 heteroatoms. The summed E-state index contributed by atoms with van der Waals surface area (Å²) in [6, 6.07) is 8.60. The maximum atomic E-state index is 12.1. The third kappa shape index (κ3) is 3.44. The van der Waals surface area contributed by atoms with Crippen molar-refractivity contribution in [2.24, 2.45) is 0 Å². The van der Waals surface area contributed by atoms with Crippen molar-refractivity contribution in [3.05, 3.63) is 30.3 Å². The second-order valence-electron chi connectivity index (χ2n) is 3.78. The maximum Gasteiger partial charge on any atom is 0.304 e. The van der Waals surface area contributed by atoms with Gasteiger partial charge in [0.1, 0.15) is 0 Å². The van der Waals surface area contributed by atoms with E-state index in [1.807, 2.05) is 0 Å². The number of nitrogens with zero attached hydrogens (tertiary/aromatic N) is 2. The zero-order chi connectivity index (χ0) is 13.8. The molecule has 0 saturated heterocycles. The molecule has 0 saturated carbocycles. The smallest absolute Gasteiger partial charge is 0.304 e. The summed E-state index contributed by atoms with van der Waals surface area (Å²) < 4.78 is 26.3. The number of rotatable bonds is 6. The first-order chi connectivity index (χ1) is 8.35. The monoisotopic (exact) mass is 272 g/mol. The molecule has 0 amide bonds. The van der Waals surface area contributed by atoms with Crippen molar-refractivity contribution < 1.29 is 18.3 Å². The lowest BCUT2D eigenvalue weighted by Gasteiger charge is -2.25. The summed E-state index contributed by atoms with van der Waals surface area (Å²) in [5, 5.41) is 8.55. The van der Waals surface area contributed by atoms with Crippen molar-refractivity contribution in [3.63, 3.8) is 0 Å². The van der Waals surface area contributed by atoms with Gasteiger partial charge in [0.15, 0.2) is 0 Å². The van der Waals surface area contributed by atoms with Gasteiger partial charge < -0.3 is 5.11 Å². The molecular formula is C11H16N2O4S. The minimum absolute atomic E-state index is 0.0607. The number of carbonyl (C=O) groups is 1. The van der Waals surface area contributed by atoms with E-state index >= 15 is 0 Å². The van der Waals surface area contributed by atoms with Crippen LogP contribution in [0.15, 0.2) is 30.3 Å². The van der Waals surface area contributed by atoms with Crippen LogP contribution in [0.25, 0.3) is 0 Å². The van der Waals surface area contributed by atoms with Crippen molar-refractivity contribution in [1.29, 1.82) is 0 Å². The number of hydrogen-bond acceptors (Lipinski definition) is 3. The van der Waals surface area contributed by atoms with Gasteiger partial charge in [-0.05, 0) is 12.1 Å². The molecule has 18 heavy (non-hydrogen) atoms. The standard InChI is InChI=1S/C11H16N2O4S/c1-12(9-8-11(14)15)18(16,17)13(2)10-6-4-3-5-7-10/h3-7H,8-9H2,1-2H3,(H,14,15). The Hall–Kier alpha value is -1.60. The largest absolute Gasteiger partial charge is 0.481 e. The van der Waals surface area contributed by atoms with Gasteiger partial charge in [-0.1, -0.05) is 18.2 Å². The van der Waals surface area contributed by atoms with E-state index in [2.05, 4.69) is 0 Å². The van der Waals surface area contributed by atoms with E-state index in [1.54, 1.807) is 30.3 Å². The van der Waals surface area contributed by atoms with E-state index in [9.17, 15) is 13.2 Å². The third-order valence-electron chi connectivity index (χ3n) is 2.50. The second kappa shape index (κ2) is 5.83. The SMILES string of the molecule is CN(CCC(=O)O)S(=O)(=O)N(C)c1ccccc1. The molecule has 6 nitrogen and oxygen atoms in total. The Balaban J connectivity index is 2.83. The zero-order valence-corrected chi connectivity index (χ0v) is 11.1. The molecule has 0 fully saturated rings. The molecule has 0 spiro atoms. The summed E-state index contributed by atoms with van der Waals surface area (Å²) in [6.45, 7) is -0.0607. The van der Waals surface area contributed by atoms with Gasteiger partial charge in [-0.15, -0.1) is 0 Å². The highest BCUT2D eigenvalue weighted by molar-refractivity contribution is 7.90. The van der Waals surface area contributed by atoms with Crippen molar-refractivity contribution in [1.82, 2.24) is 4.31 Å². The first kappa shape index (κ1) is 14.5. The van der Waals surface area contributed by atoms with Gasteiger partial charge in [0.05, 0.1) is 12.1 Å². The van der Waals surface area contributed by atoms with E-state index in [0.29, 0.717) is 5.69 Å².